The number of aliphatic hydroxyl groups excluding tert-OH is 2. The summed E-state index contributed by atoms with van der Waals surface area (Å²) in [6.45, 7) is 6.88. The Morgan fingerprint density at radius 1 is 1.21 bits per heavy atom. The average molecular weight is 332 g/mol. The minimum atomic E-state index is -0.203. The van der Waals surface area contributed by atoms with Crippen molar-refractivity contribution < 1.29 is 15.0 Å². The molecule has 3 nitrogen and oxygen atoms in total. The largest absolute Gasteiger partial charge is 0.395 e. The van der Waals surface area contributed by atoms with Crippen LogP contribution in [-0.4, -0.2) is 28.7 Å². The van der Waals surface area contributed by atoms with Gasteiger partial charge in [0.1, 0.15) is 0 Å². The second-order valence-electron chi connectivity index (χ2n) is 9.52. The van der Waals surface area contributed by atoms with E-state index >= 15 is 0 Å². The smallest absolute Gasteiger partial charge is 0.155 e. The lowest BCUT2D eigenvalue weighted by atomic mass is 9.43. The molecule has 3 saturated carbocycles. The number of carbonyl (C=O) groups excluding carboxylic acids is 1. The monoisotopic (exact) mass is 332 g/mol. The van der Waals surface area contributed by atoms with Crippen molar-refractivity contribution in [3.8, 4) is 0 Å². The number of ketones is 1. The molecule has 0 saturated heterocycles. The fraction of sp³-hybridized carbons (Fsp3) is 0.857. The van der Waals surface area contributed by atoms with E-state index < -0.39 is 0 Å². The molecular weight excluding hydrogens is 300 g/mol. The number of hydrogen-bond donors (Lipinski definition) is 2. The first-order valence-corrected chi connectivity index (χ1v) is 9.88. The highest BCUT2D eigenvalue weighted by atomic mass is 16.3. The zero-order valence-electron chi connectivity index (χ0n) is 15.3. The van der Waals surface area contributed by atoms with E-state index in [1.165, 1.54) is 5.57 Å². The Bertz CT molecular complexity index is 582. The van der Waals surface area contributed by atoms with Crippen LogP contribution in [0, 0.1) is 40.4 Å². The van der Waals surface area contributed by atoms with E-state index in [2.05, 4.69) is 20.8 Å². The van der Waals surface area contributed by atoms with Crippen molar-refractivity contribution >= 4 is 5.78 Å². The summed E-state index contributed by atoms with van der Waals surface area (Å²) in [5.41, 5.74) is 1.09. The Labute approximate surface area is 145 Å². The van der Waals surface area contributed by atoms with Gasteiger partial charge in [0.15, 0.2) is 5.78 Å². The predicted octanol–water partition coefficient (Wildman–Crippen LogP) is 3.34. The molecule has 0 aromatic heterocycles. The van der Waals surface area contributed by atoms with Gasteiger partial charge in [0, 0.05) is 11.8 Å². The third-order valence-electron chi connectivity index (χ3n) is 8.71. The van der Waals surface area contributed by atoms with Crippen molar-refractivity contribution in [1.82, 2.24) is 0 Å². The van der Waals surface area contributed by atoms with Crippen LogP contribution in [0.3, 0.4) is 0 Å². The van der Waals surface area contributed by atoms with Crippen molar-refractivity contribution in [3.63, 3.8) is 0 Å². The summed E-state index contributed by atoms with van der Waals surface area (Å²) in [6.07, 6.45) is 7.61. The van der Waals surface area contributed by atoms with Gasteiger partial charge in [-0.15, -0.1) is 0 Å². The summed E-state index contributed by atoms with van der Waals surface area (Å²) < 4.78 is 0. The molecule has 0 bridgehead atoms. The molecule has 0 aromatic rings. The van der Waals surface area contributed by atoms with Gasteiger partial charge in [0.25, 0.3) is 0 Å². The molecule has 0 radical (unpaired) electrons. The van der Waals surface area contributed by atoms with Gasteiger partial charge in [0.2, 0.25) is 0 Å². The Hall–Kier alpha value is -0.670. The lowest BCUT2D eigenvalue weighted by Crippen LogP contribution is -2.57. The molecule has 0 aliphatic heterocycles. The Morgan fingerprint density at radius 2 is 1.96 bits per heavy atom. The molecule has 0 unspecified atom stereocenters. The highest BCUT2D eigenvalue weighted by molar-refractivity contribution is 5.92. The number of fused-ring (bicyclic) bond motifs is 5. The number of carbonyl (C=O) groups is 1. The molecule has 8 atom stereocenters. The number of rotatable bonds is 1. The topological polar surface area (TPSA) is 57.5 Å². The molecule has 4 aliphatic rings. The third-order valence-corrected chi connectivity index (χ3v) is 8.71. The van der Waals surface area contributed by atoms with Crippen LogP contribution in [0.25, 0.3) is 0 Å². The first-order chi connectivity index (χ1) is 11.3. The molecule has 24 heavy (non-hydrogen) atoms. The van der Waals surface area contributed by atoms with Crippen molar-refractivity contribution in [2.24, 2.45) is 40.4 Å². The Balaban J connectivity index is 1.79. The molecular formula is C21H32O3. The van der Waals surface area contributed by atoms with Crippen LogP contribution in [-0.2, 0) is 4.79 Å². The summed E-state index contributed by atoms with van der Waals surface area (Å²) >= 11 is 0. The number of hydrogen-bond acceptors (Lipinski definition) is 3. The van der Waals surface area contributed by atoms with Crippen molar-refractivity contribution in [2.45, 2.75) is 65.4 Å². The molecule has 0 spiro atoms. The van der Waals surface area contributed by atoms with E-state index in [0.717, 1.165) is 32.1 Å². The van der Waals surface area contributed by atoms with Crippen molar-refractivity contribution in [2.75, 3.05) is 6.61 Å². The second kappa shape index (κ2) is 5.41. The molecule has 2 N–H and O–H groups in total. The highest BCUT2D eigenvalue weighted by Crippen LogP contribution is 2.67. The quantitative estimate of drug-likeness (QED) is 0.774. The minimum Gasteiger partial charge on any atom is -0.395 e. The van der Waals surface area contributed by atoms with Crippen LogP contribution < -0.4 is 0 Å². The zero-order chi connectivity index (χ0) is 17.3. The second-order valence-corrected chi connectivity index (χ2v) is 9.52. The summed E-state index contributed by atoms with van der Waals surface area (Å²) in [7, 11) is 0. The lowest BCUT2D eigenvalue weighted by Gasteiger charge is -2.61. The third kappa shape index (κ3) is 1.94. The van der Waals surface area contributed by atoms with E-state index in [4.69, 9.17) is 0 Å². The van der Waals surface area contributed by atoms with Crippen LogP contribution in [0.15, 0.2) is 11.6 Å². The average Bonchev–Trinajstić information content (AvgIpc) is 2.84. The predicted molar refractivity (Wildman–Crippen MR) is 93.2 cm³/mol. The van der Waals surface area contributed by atoms with Gasteiger partial charge in [-0.2, -0.15) is 0 Å². The maximum atomic E-state index is 12.2. The van der Waals surface area contributed by atoms with Crippen LogP contribution >= 0.6 is 0 Å². The van der Waals surface area contributed by atoms with Crippen molar-refractivity contribution in [3.05, 3.63) is 11.6 Å². The van der Waals surface area contributed by atoms with Gasteiger partial charge in [-0.1, -0.05) is 26.3 Å². The Morgan fingerprint density at radius 3 is 2.67 bits per heavy atom. The molecule has 0 aromatic carbocycles. The molecule has 4 aliphatic carbocycles. The molecule has 0 amide bonds. The first-order valence-electron chi connectivity index (χ1n) is 9.88. The summed E-state index contributed by atoms with van der Waals surface area (Å²) in [6, 6.07) is 0. The Kier molecular flexibility index (Phi) is 3.78. The molecule has 0 heterocycles. The number of aliphatic hydroxyl groups is 2. The van der Waals surface area contributed by atoms with Gasteiger partial charge in [-0.25, -0.2) is 0 Å². The van der Waals surface area contributed by atoms with Crippen LogP contribution in [0.2, 0.25) is 0 Å². The summed E-state index contributed by atoms with van der Waals surface area (Å²) in [5.74, 6) is 2.45. The fourth-order valence-electron chi connectivity index (χ4n) is 7.44. The van der Waals surface area contributed by atoms with Crippen LogP contribution in [0.4, 0.5) is 0 Å². The van der Waals surface area contributed by atoms with E-state index in [-0.39, 0.29) is 35.2 Å². The van der Waals surface area contributed by atoms with Crippen LogP contribution in [0.5, 0.6) is 0 Å². The summed E-state index contributed by atoms with van der Waals surface area (Å²) in [5, 5.41) is 21.1. The van der Waals surface area contributed by atoms with Crippen molar-refractivity contribution in [1.29, 1.82) is 0 Å². The molecule has 134 valence electrons. The zero-order valence-corrected chi connectivity index (χ0v) is 15.3. The normalized spacial score (nSPS) is 53.9. The van der Waals surface area contributed by atoms with Gasteiger partial charge in [0.05, 0.1) is 12.7 Å². The maximum absolute atomic E-state index is 12.2. The minimum absolute atomic E-state index is 0.0620. The van der Waals surface area contributed by atoms with Gasteiger partial charge >= 0.3 is 0 Å². The fourth-order valence-corrected chi connectivity index (χ4v) is 7.44. The van der Waals surface area contributed by atoms with E-state index in [1.807, 2.05) is 6.08 Å². The van der Waals surface area contributed by atoms with E-state index in [9.17, 15) is 15.0 Å². The SMILES string of the molecule is C[C@H]1C[C@H]2[C@@H]3CC[C@H](O)[C@@]3(C)CC[C@@H]2[C@]2(CO)C1=CC(=O)C[C@@H]2C. The summed E-state index contributed by atoms with van der Waals surface area (Å²) in [4.78, 5) is 12.2. The van der Waals surface area contributed by atoms with Gasteiger partial charge in [-0.3, -0.25) is 4.79 Å². The van der Waals surface area contributed by atoms with Gasteiger partial charge < -0.3 is 10.2 Å². The lowest BCUT2D eigenvalue weighted by molar-refractivity contribution is -0.129. The maximum Gasteiger partial charge on any atom is 0.155 e. The standard InChI is InChI=1S/C21H32O3/c1-12-8-15-16-4-5-19(24)20(16,3)7-6-17(15)21(11-22)13(2)9-14(23)10-18(12)21/h10,12-13,15-17,19,22,24H,4-9,11H2,1-3H3/t12-,13-,15-,16-,17-,19-,20-,21+/m0/s1. The van der Waals surface area contributed by atoms with E-state index in [1.54, 1.807) is 0 Å². The molecule has 4 rings (SSSR count). The first kappa shape index (κ1) is 16.8. The highest BCUT2D eigenvalue weighted by Gasteiger charge is 2.62. The van der Waals surface area contributed by atoms with E-state index in [0.29, 0.717) is 30.1 Å². The van der Waals surface area contributed by atoms with Gasteiger partial charge in [-0.05, 0) is 73.2 Å². The molecule has 3 heteroatoms. The molecule has 3 fully saturated rings. The van der Waals surface area contributed by atoms with Crippen LogP contribution in [0.1, 0.15) is 59.3 Å².